The molecule has 0 saturated heterocycles. The number of hydrogen-bond donors (Lipinski definition) is 2. The number of benzene rings is 1. The molecule has 1 unspecified atom stereocenters. The molecule has 1 aliphatic carbocycles. The summed E-state index contributed by atoms with van der Waals surface area (Å²) in [6, 6.07) is 2.59. The first-order valence-electron chi connectivity index (χ1n) is 8.22. The van der Waals surface area contributed by atoms with Crippen molar-refractivity contribution < 1.29 is 18.1 Å². The molecule has 1 aliphatic rings. The van der Waals surface area contributed by atoms with Crippen LogP contribution in [0.25, 0.3) is 0 Å². The molecule has 1 heterocycles. The van der Waals surface area contributed by atoms with Crippen LogP contribution in [0.3, 0.4) is 0 Å². The van der Waals surface area contributed by atoms with Gasteiger partial charge in [0.1, 0.15) is 11.6 Å². The molecular weight excluding hydrogens is 366 g/mol. The van der Waals surface area contributed by atoms with Gasteiger partial charge in [-0.3, -0.25) is 4.79 Å². The normalized spacial score (nSPS) is 16.8. The summed E-state index contributed by atoms with van der Waals surface area (Å²) >= 11 is 0. The number of nitrogens with two attached hydrogens (primary N) is 1. The van der Waals surface area contributed by atoms with Gasteiger partial charge in [0, 0.05) is 12.5 Å². The maximum atomic E-state index is 14.1. The highest BCUT2D eigenvalue weighted by atomic mass is 35.5. The fourth-order valence-corrected chi connectivity index (χ4v) is 3.26. The van der Waals surface area contributed by atoms with Gasteiger partial charge in [0.25, 0.3) is 0 Å². The molecule has 1 saturated carbocycles. The van der Waals surface area contributed by atoms with Crippen molar-refractivity contribution in [3.8, 4) is 0 Å². The van der Waals surface area contributed by atoms with Crippen LogP contribution in [-0.2, 0) is 16.8 Å². The lowest BCUT2D eigenvalue weighted by Gasteiger charge is -2.18. The number of rotatable bonds is 5. The molecule has 3 N–H and O–H groups in total. The highest BCUT2D eigenvalue weighted by molar-refractivity contribution is 5.85. The summed E-state index contributed by atoms with van der Waals surface area (Å²) in [5.74, 6) is -1.34. The molecular formula is C17H21ClF2N4O2. The SMILES string of the molecule is CC(=O)NC(Cc1nc(C2(N)CCCC2)no1)c1c(F)cccc1F.Cl. The van der Waals surface area contributed by atoms with Gasteiger partial charge in [0.05, 0.1) is 18.0 Å². The maximum Gasteiger partial charge on any atom is 0.229 e. The molecule has 6 nitrogen and oxygen atoms in total. The smallest absolute Gasteiger partial charge is 0.229 e. The molecule has 1 aromatic carbocycles. The minimum Gasteiger partial charge on any atom is -0.349 e. The third kappa shape index (κ3) is 4.19. The summed E-state index contributed by atoms with van der Waals surface area (Å²) in [5.41, 5.74) is 5.44. The van der Waals surface area contributed by atoms with Crippen LogP contribution >= 0.6 is 12.4 Å². The number of hydrogen-bond acceptors (Lipinski definition) is 5. The van der Waals surface area contributed by atoms with Gasteiger partial charge in [0.2, 0.25) is 11.8 Å². The van der Waals surface area contributed by atoms with Gasteiger partial charge >= 0.3 is 0 Å². The van der Waals surface area contributed by atoms with Crippen LogP contribution in [0.2, 0.25) is 0 Å². The van der Waals surface area contributed by atoms with Gasteiger partial charge < -0.3 is 15.6 Å². The van der Waals surface area contributed by atoms with E-state index in [1.807, 2.05) is 0 Å². The first kappa shape index (κ1) is 20.3. The van der Waals surface area contributed by atoms with Crippen LogP contribution in [0.4, 0.5) is 8.78 Å². The average molecular weight is 387 g/mol. The van der Waals surface area contributed by atoms with Gasteiger partial charge in [-0.1, -0.05) is 24.1 Å². The fraction of sp³-hybridized carbons (Fsp3) is 0.471. The third-order valence-electron chi connectivity index (χ3n) is 4.51. The molecule has 0 aliphatic heterocycles. The number of carbonyl (C=O) groups is 1. The van der Waals surface area contributed by atoms with Crippen molar-refractivity contribution in [2.75, 3.05) is 0 Å². The van der Waals surface area contributed by atoms with E-state index in [2.05, 4.69) is 15.5 Å². The van der Waals surface area contributed by atoms with Crippen molar-refractivity contribution in [3.63, 3.8) is 0 Å². The van der Waals surface area contributed by atoms with Crippen LogP contribution < -0.4 is 11.1 Å². The van der Waals surface area contributed by atoms with Crippen molar-refractivity contribution >= 4 is 18.3 Å². The first-order chi connectivity index (χ1) is 11.9. The maximum absolute atomic E-state index is 14.1. The fourth-order valence-electron chi connectivity index (χ4n) is 3.26. The second-order valence-corrected chi connectivity index (χ2v) is 6.47. The topological polar surface area (TPSA) is 94.0 Å². The molecule has 9 heteroatoms. The van der Waals surface area contributed by atoms with Gasteiger partial charge in [-0.05, 0) is 25.0 Å². The van der Waals surface area contributed by atoms with Gasteiger partial charge in [-0.2, -0.15) is 4.98 Å². The van der Waals surface area contributed by atoms with E-state index in [1.54, 1.807) is 0 Å². The average Bonchev–Trinajstić information content (AvgIpc) is 3.16. The molecule has 1 aromatic heterocycles. The Labute approximate surface area is 155 Å². The Hall–Kier alpha value is -2.06. The van der Waals surface area contributed by atoms with Gasteiger partial charge in [-0.25, -0.2) is 8.78 Å². The summed E-state index contributed by atoms with van der Waals surface area (Å²) < 4.78 is 33.4. The monoisotopic (exact) mass is 386 g/mol. The lowest BCUT2D eigenvalue weighted by atomic mass is 9.98. The molecule has 142 valence electrons. The second-order valence-electron chi connectivity index (χ2n) is 6.47. The van der Waals surface area contributed by atoms with Crippen molar-refractivity contribution in [2.24, 2.45) is 5.73 Å². The van der Waals surface area contributed by atoms with E-state index in [4.69, 9.17) is 10.3 Å². The minimum atomic E-state index is -0.954. The molecule has 3 rings (SSSR count). The molecule has 1 amide bonds. The predicted molar refractivity (Wildman–Crippen MR) is 92.5 cm³/mol. The van der Waals surface area contributed by atoms with E-state index in [-0.39, 0.29) is 30.3 Å². The highest BCUT2D eigenvalue weighted by Crippen LogP contribution is 2.35. The molecule has 26 heavy (non-hydrogen) atoms. The summed E-state index contributed by atoms with van der Waals surface area (Å²) in [6.07, 6.45) is 3.50. The van der Waals surface area contributed by atoms with E-state index < -0.39 is 29.1 Å². The Morgan fingerprint density at radius 2 is 1.96 bits per heavy atom. The number of nitrogens with one attached hydrogen (secondary N) is 1. The highest BCUT2D eigenvalue weighted by Gasteiger charge is 2.36. The summed E-state index contributed by atoms with van der Waals surface area (Å²) in [5, 5.41) is 6.47. The summed E-state index contributed by atoms with van der Waals surface area (Å²) in [4.78, 5) is 15.8. The van der Waals surface area contributed by atoms with Crippen molar-refractivity contribution in [1.82, 2.24) is 15.5 Å². The Kier molecular flexibility index (Phi) is 6.30. The lowest BCUT2D eigenvalue weighted by molar-refractivity contribution is -0.119. The van der Waals surface area contributed by atoms with E-state index in [0.717, 1.165) is 37.8 Å². The van der Waals surface area contributed by atoms with Crippen LogP contribution in [-0.4, -0.2) is 16.0 Å². The number of nitrogens with zero attached hydrogens (tertiary/aromatic N) is 2. The van der Waals surface area contributed by atoms with Crippen LogP contribution in [0.15, 0.2) is 22.7 Å². The molecule has 0 bridgehead atoms. The molecule has 2 aromatic rings. The zero-order chi connectivity index (χ0) is 18.0. The van der Waals surface area contributed by atoms with Crippen molar-refractivity contribution in [2.45, 2.75) is 50.6 Å². The first-order valence-corrected chi connectivity index (χ1v) is 8.22. The van der Waals surface area contributed by atoms with E-state index >= 15 is 0 Å². The Morgan fingerprint density at radius 3 is 2.54 bits per heavy atom. The van der Waals surface area contributed by atoms with Gasteiger partial charge in [-0.15, -0.1) is 12.4 Å². The molecule has 1 fully saturated rings. The van der Waals surface area contributed by atoms with E-state index in [1.165, 1.54) is 13.0 Å². The van der Waals surface area contributed by atoms with Crippen LogP contribution in [0.1, 0.15) is 55.9 Å². The molecule has 0 spiro atoms. The number of aromatic nitrogens is 2. The minimum absolute atomic E-state index is 0. The van der Waals surface area contributed by atoms with Gasteiger partial charge in [0.15, 0.2) is 5.82 Å². The second kappa shape index (κ2) is 8.09. The predicted octanol–water partition coefficient (Wildman–Crippen LogP) is 2.92. The van der Waals surface area contributed by atoms with Crippen LogP contribution in [0.5, 0.6) is 0 Å². The van der Waals surface area contributed by atoms with E-state index in [9.17, 15) is 13.6 Å². The summed E-state index contributed by atoms with van der Waals surface area (Å²) in [7, 11) is 0. The molecule has 0 radical (unpaired) electrons. The largest absolute Gasteiger partial charge is 0.349 e. The zero-order valence-electron chi connectivity index (χ0n) is 14.3. The Balaban J connectivity index is 0.00000243. The third-order valence-corrected chi connectivity index (χ3v) is 4.51. The number of carbonyl (C=O) groups excluding carboxylic acids is 1. The quantitative estimate of drug-likeness (QED) is 0.824. The Morgan fingerprint density at radius 1 is 1.35 bits per heavy atom. The van der Waals surface area contributed by atoms with Crippen molar-refractivity contribution in [3.05, 3.63) is 47.1 Å². The standard InChI is InChI=1S/C17H20F2N4O2.ClH/c1-10(24)21-13(15-11(18)5-4-6-12(15)19)9-14-22-16(23-25-14)17(20)7-2-3-8-17;/h4-6,13H,2-3,7-9,20H2,1H3,(H,21,24);1H. The number of halogens is 3. The summed E-state index contributed by atoms with van der Waals surface area (Å²) in [6.45, 7) is 1.28. The Bertz CT molecular complexity index is 758. The number of amides is 1. The van der Waals surface area contributed by atoms with Crippen molar-refractivity contribution in [1.29, 1.82) is 0 Å². The zero-order valence-corrected chi connectivity index (χ0v) is 15.1. The lowest BCUT2D eigenvalue weighted by Crippen LogP contribution is -2.34. The van der Waals surface area contributed by atoms with Crippen LogP contribution in [0, 0.1) is 11.6 Å². The van der Waals surface area contributed by atoms with E-state index in [0.29, 0.717) is 5.82 Å². The molecule has 1 atom stereocenters.